The molecule has 52 valence electrons. The van der Waals surface area contributed by atoms with Crippen molar-refractivity contribution in [3.63, 3.8) is 0 Å². The van der Waals surface area contributed by atoms with Gasteiger partial charge in [-0.1, -0.05) is 12.2 Å². The van der Waals surface area contributed by atoms with Crippen LogP contribution in [-0.4, -0.2) is 11.9 Å². The van der Waals surface area contributed by atoms with E-state index in [-0.39, 0.29) is 5.91 Å². The standard InChI is InChI=1S/C8H9NO/c10-8-6-4-1-2-5(3-4)7(6)9-8/h1-2,4-7H,3H2,(H,9,10)/t4-,5?,6+,7?/m1/s1. The number of carbonyl (C=O) groups excluding carboxylic acids is 1. The Balaban J connectivity index is 2.03. The van der Waals surface area contributed by atoms with Crippen molar-refractivity contribution in [2.45, 2.75) is 12.5 Å². The lowest BCUT2D eigenvalue weighted by molar-refractivity contribution is -0.135. The molecule has 0 aromatic heterocycles. The molecule has 0 aromatic rings. The molecule has 1 N–H and O–H groups in total. The topological polar surface area (TPSA) is 29.1 Å². The first-order valence-corrected chi connectivity index (χ1v) is 3.85. The summed E-state index contributed by atoms with van der Waals surface area (Å²) in [4.78, 5) is 11.0. The molecule has 3 rings (SSSR count). The summed E-state index contributed by atoms with van der Waals surface area (Å²) in [5.41, 5.74) is 0. The van der Waals surface area contributed by atoms with Crippen molar-refractivity contribution in [1.29, 1.82) is 0 Å². The van der Waals surface area contributed by atoms with Gasteiger partial charge >= 0.3 is 0 Å². The van der Waals surface area contributed by atoms with Crippen molar-refractivity contribution in [1.82, 2.24) is 5.32 Å². The molecule has 4 atom stereocenters. The van der Waals surface area contributed by atoms with Crippen molar-refractivity contribution in [3.8, 4) is 0 Å². The van der Waals surface area contributed by atoms with E-state index in [9.17, 15) is 4.79 Å². The molecule has 1 saturated carbocycles. The number of hydrogen-bond donors (Lipinski definition) is 1. The van der Waals surface area contributed by atoms with Crippen LogP contribution in [0, 0.1) is 17.8 Å². The molecule has 1 amide bonds. The van der Waals surface area contributed by atoms with Gasteiger partial charge in [-0.3, -0.25) is 4.79 Å². The zero-order valence-corrected chi connectivity index (χ0v) is 5.58. The number of nitrogens with one attached hydrogen (secondary N) is 1. The molecule has 0 aromatic carbocycles. The molecular formula is C8H9NO. The molecule has 2 bridgehead atoms. The number of rotatable bonds is 0. The van der Waals surface area contributed by atoms with E-state index in [2.05, 4.69) is 17.5 Å². The summed E-state index contributed by atoms with van der Waals surface area (Å²) >= 11 is 0. The minimum atomic E-state index is 0.279. The highest BCUT2D eigenvalue weighted by molar-refractivity contribution is 5.87. The highest BCUT2D eigenvalue weighted by atomic mass is 16.2. The van der Waals surface area contributed by atoms with Crippen molar-refractivity contribution >= 4 is 5.91 Å². The van der Waals surface area contributed by atoms with Crippen LogP contribution in [-0.2, 0) is 4.79 Å². The minimum absolute atomic E-state index is 0.279. The number of fused-ring (bicyclic) bond motifs is 5. The van der Waals surface area contributed by atoms with E-state index >= 15 is 0 Å². The number of carbonyl (C=O) groups is 1. The van der Waals surface area contributed by atoms with Crippen LogP contribution in [0.5, 0.6) is 0 Å². The second-order valence-electron chi connectivity index (χ2n) is 3.51. The van der Waals surface area contributed by atoms with Gasteiger partial charge in [0, 0.05) is 6.04 Å². The Morgan fingerprint density at radius 2 is 2.20 bits per heavy atom. The zero-order chi connectivity index (χ0) is 6.72. The summed E-state index contributed by atoms with van der Waals surface area (Å²) in [5.74, 6) is 1.90. The smallest absolute Gasteiger partial charge is 0.226 e. The summed E-state index contributed by atoms with van der Waals surface area (Å²) in [6.45, 7) is 0. The first-order chi connectivity index (χ1) is 4.86. The van der Waals surface area contributed by atoms with Gasteiger partial charge in [-0.15, -0.1) is 0 Å². The molecule has 0 radical (unpaired) electrons. The monoisotopic (exact) mass is 135 g/mol. The van der Waals surface area contributed by atoms with E-state index < -0.39 is 0 Å². The minimum Gasteiger partial charge on any atom is -0.352 e. The van der Waals surface area contributed by atoms with E-state index in [1.54, 1.807) is 0 Å². The van der Waals surface area contributed by atoms with E-state index in [0.717, 1.165) is 0 Å². The van der Waals surface area contributed by atoms with E-state index in [0.29, 0.717) is 23.8 Å². The lowest BCUT2D eigenvalue weighted by atomic mass is 9.82. The second-order valence-corrected chi connectivity index (χ2v) is 3.51. The highest BCUT2D eigenvalue weighted by Crippen LogP contribution is 2.47. The molecule has 3 aliphatic rings. The predicted octanol–water partition coefficient (Wildman–Crippen LogP) is 0.307. The first-order valence-electron chi connectivity index (χ1n) is 3.85. The average molecular weight is 135 g/mol. The van der Waals surface area contributed by atoms with Crippen LogP contribution in [0.25, 0.3) is 0 Å². The summed E-state index contributed by atoms with van der Waals surface area (Å²) in [6, 6.07) is 0.516. The molecule has 2 unspecified atom stereocenters. The van der Waals surface area contributed by atoms with Crippen molar-refractivity contribution in [3.05, 3.63) is 12.2 Å². The quantitative estimate of drug-likeness (QED) is 0.376. The van der Waals surface area contributed by atoms with Crippen molar-refractivity contribution < 1.29 is 4.79 Å². The first kappa shape index (κ1) is 4.94. The maximum Gasteiger partial charge on any atom is 0.226 e. The fourth-order valence-corrected chi connectivity index (χ4v) is 2.54. The van der Waals surface area contributed by atoms with Gasteiger partial charge < -0.3 is 5.32 Å². The van der Waals surface area contributed by atoms with Crippen LogP contribution in [0.2, 0.25) is 0 Å². The summed E-state index contributed by atoms with van der Waals surface area (Å²) < 4.78 is 0. The Kier molecular flexibility index (Phi) is 0.636. The average Bonchev–Trinajstić information content (AvgIpc) is 2.40. The molecule has 1 aliphatic heterocycles. The molecule has 2 nitrogen and oxygen atoms in total. The Hall–Kier alpha value is -0.790. The van der Waals surface area contributed by atoms with E-state index in [1.165, 1.54) is 6.42 Å². The fourth-order valence-electron chi connectivity index (χ4n) is 2.54. The molecule has 10 heavy (non-hydrogen) atoms. The third-order valence-electron chi connectivity index (χ3n) is 3.07. The molecule has 0 spiro atoms. The van der Waals surface area contributed by atoms with Gasteiger partial charge in [-0.25, -0.2) is 0 Å². The second kappa shape index (κ2) is 1.29. The van der Waals surface area contributed by atoms with Gasteiger partial charge in [0.15, 0.2) is 0 Å². The largest absolute Gasteiger partial charge is 0.352 e. The Morgan fingerprint density at radius 3 is 2.80 bits per heavy atom. The maximum absolute atomic E-state index is 11.0. The molecule has 2 fully saturated rings. The van der Waals surface area contributed by atoms with Gasteiger partial charge in [0.25, 0.3) is 0 Å². The number of amides is 1. The molecular weight excluding hydrogens is 126 g/mol. The summed E-state index contributed by atoms with van der Waals surface area (Å²) in [6.07, 6.45) is 5.68. The normalized spacial score (nSPS) is 54.2. The highest BCUT2D eigenvalue weighted by Gasteiger charge is 2.54. The summed E-state index contributed by atoms with van der Waals surface area (Å²) in [7, 11) is 0. The Labute approximate surface area is 59.3 Å². The van der Waals surface area contributed by atoms with E-state index in [4.69, 9.17) is 0 Å². The molecule has 1 heterocycles. The third-order valence-corrected chi connectivity index (χ3v) is 3.07. The summed E-state index contributed by atoms with van der Waals surface area (Å²) in [5, 5.41) is 2.95. The molecule has 2 heteroatoms. The van der Waals surface area contributed by atoms with Gasteiger partial charge in [-0.05, 0) is 18.3 Å². The maximum atomic E-state index is 11.0. The van der Waals surface area contributed by atoms with Crippen molar-refractivity contribution in [2.24, 2.45) is 17.8 Å². The van der Waals surface area contributed by atoms with Gasteiger partial charge in [0.05, 0.1) is 5.92 Å². The van der Waals surface area contributed by atoms with Gasteiger partial charge in [-0.2, -0.15) is 0 Å². The van der Waals surface area contributed by atoms with Gasteiger partial charge in [0.2, 0.25) is 5.91 Å². The van der Waals surface area contributed by atoms with Crippen LogP contribution < -0.4 is 5.32 Å². The van der Waals surface area contributed by atoms with Crippen molar-refractivity contribution in [2.75, 3.05) is 0 Å². The lowest BCUT2D eigenvalue weighted by Crippen LogP contribution is -2.59. The van der Waals surface area contributed by atoms with Crippen LogP contribution >= 0.6 is 0 Å². The third kappa shape index (κ3) is 0.349. The zero-order valence-electron chi connectivity index (χ0n) is 5.58. The number of β-lactam (4-membered cyclic amide) rings is 1. The van der Waals surface area contributed by atoms with Crippen LogP contribution in [0.4, 0.5) is 0 Å². The Bertz CT molecular complexity index is 233. The SMILES string of the molecule is O=C1NC2C3C=C[C@H](C3)[C@H]12. The predicted molar refractivity (Wildman–Crippen MR) is 36.2 cm³/mol. The van der Waals surface area contributed by atoms with E-state index in [1.807, 2.05) is 0 Å². The van der Waals surface area contributed by atoms with Crippen LogP contribution in [0.1, 0.15) is 6.42 Å². The fraction of sp³-hybridized carbons (Fsp3) is 0.625. The molecule has 1 saturated heterocycles. The molecule has 2 aliphatic carbocycles. The Morgan fingerprint density at radius 1 is 1.40 bits per heavy atom. The number of allylic oxidation sites excluding steroid dienone is 1. The lowest BCUT2D eigenvalue weighted by Gasteiger charge is -2.37. The number of hydrogen-bond acceptors (Lipinski definition) is 1. The van der Waals surface area contributed by atoms with Gasteiger partial charge in [0.1, 0.15) is 0 Å². The van der Waals surface area contributed by atoms with Crippen LogP contribution in [0.15, 0.2) is 12.2 Å². The van der Waals surface area contributed by atoms with Crippen LogP contribution in [0.3, 0.4) is 0 Å².